The molecule has 140 valence electrons. The standard InChI is InChI=1S/C19H28O6/c1-3-4-5-6-7-8-19(24-9-10-25-19)13-14-11-15(23-2)12-16(20)17(14)18(21)22/h11-12,20H,3-10,13H2,1-2H3,(H,21,22). The number of carbonyl (C=O) groups is 1. The zero-order chi connectivity index (χ0) is 18.3. The lowest BCUT2D eigenvalue weighted by Gasteiger charge is -2.28. The Morgan fingerprint density at radius 2 is 1.88 bits per heavy atom. The number of aromatic carboxylic acids is 1. The molecular formula is C19H28O6. The zero-order valence-electron chi connectivity index (χ0n) is 15.0. The molecule has 1 saturated heterocycles. The van der Waals surface area contributed by atoms with Crippen molar-refractivity contribution in [3.8, 4) is 11.5 Å². The Hall–Kier alpha value is -1.79. The maximum atomic E-state index is 11.6. The van der Waals surface area contributed by atoms with E-state index < -0.39 is 11.8 Å². The van der Waals surface area contributed by atoms with Crippen LogP contribution < -0.4 is 4.74 Å². The van der Waals surface area contributed by atoms with Gasteiger partial charge in [0, 0.05) is 18.9 Å². The third kappa shape index (κ3) is 5.09. The van der Waals surface area contributed by atoms with Gasteiger partial charge in [-0.25, -0.2) is 4.79 Å². The normalized spacial score (nSPS) is 16.1. The summed E-state index contributed by atoms with van der Waals surface area (Å²) >= 11 is 0. The van der Waals surface area contributed by atoms with Gasteiger partial charge in [-0.1, -0.05) is 32.6 Å². The van der Waals surface area contributed by atoms with Gasteiger partial charge in [0.05, 0.1) is 20.3 Å². The first-order valence-corrected chi connectivity index (χ1v) is 8.92. The molecule has 6 heteroatoms. The first-order valence-electron chi connectivity index (χ1n) is 8.92. The summed E-state index contributed by atoms with van der Waals surface area (Å²) < 4.78 is 16.9. The number of rotatable bonds is 10. The van der Waals surface area contributed by atoms with Gasteiger partial charge in [-0.15, -0.1) is 0 Å². The molecular weight excluding hydrogens is 324 g/mol. The van der Waals surface area contributed by atoms with Gasteiger partial charge in [0.25, 0.3) is 0 Å². The summed E-state index contributed by atoms with van der Waals surface area (Å²) in [5, 5.41) is 19.5. The number of hydrogen-bond acceptors (Lipinski definition) is 5. The molecule has 0 atom stereocenters. The average molecular weight is 352 g/mol. The second-order valence-corrected chi connectivity index (χ2v) is 6.43. The van der Waals surface area contributed by atoms with E-state index in [2.05, 4.69) is 6.92 Å². The van der Waals surface area contributed by atoms with E-state index in [-0.39, 0.29) is 17.7 Å². The van der Waals surface area contributed by atoms with Gasteiger partial charge in [0.1, 0.15) is 17.1 Å². The van der Waals surface area contributed by atoms with Gasteiger partial charge >= 0.3 is 5.97 Å². The quantitative estimate of drug-likeness (QED) is 0.624. The predicted molar refractivity (Wildman–Crippen MR) is 93.3 cm³/mol. The fourth-order valence-corrected chi connectivity index (χ4v) is 3.28. The molecule has 6 nitrogen and oxygen atoms in total. The molecule has 1 aliphatic heterocycles. The SMILES string of the molecule is CCCCCCCC1(Cc2cc(OC)cc(O)c2C(=O)O)OCCO1. The van der Waals surface area contributed by atoms with E-state index in [1.54, 1.807) is 6.07 Å². The molecule has 0 amide bonds. The Labute approximate surface area is 148 Å². The van der Waals surface area contributed by atoms with E-state index in [0.717, 1.165) is 12.8 Å². The average Bonchev–Trinajstić information content (AvgIpc) is 3.02. The van der Waals surface area contributed by atoms with Crippen LogP contribution in [0.15, 0.2) is 12.1 Å². The van der Waals surface area contributed by atoms with Crippen molar-refractivity contribution < 1.29 is 29.2 Å². The summed E-state index contributed by atoms with van der Waals surface area (Å²) in [5.41, 5.74) is 0.338. The van der Waals surface area contributed by atoms with Gasteiger partial charge in [-0.3, -0.25) is 0 Å². The maximum Gasteiger partial charge on any atom is 0.339 e. The number of hydrogen-bond donors (Lipinski definition) is 2. The number of carboxylic acids is 1. The second kappa shape index (κ2) is 9.06. The Bertz CT molecular complexity index is 578. The van der Waals surface area contributed by atoms with Crippen molar-refractivity contribution in [1.29, 1.82) is 0 Å². The Morgan fingerprint density at radius 3 is 2.48 bits per heavy atom. The van der Waals surface area contributed by atoms with Gasteiger partial charge in [0.2, 0.25) is 0 Å². The second-order valence-electron chi connectivity index (χ2n) is 6.43. The van der Waals surface area contributed by atoms with Crippen LogP contribution >= 0.6 is 0 Å². The van der Waals surface area contributed by atoms with Crippen molar-refractivity contribution >= 4 is 5.97 Å². The van der Waals surface area contributed by atoms with Gasteiger partial charge in [-0.2, -0.15) is 0 Å². The van der Waals surface area contributed by atoms with Crippen LogP contribution in [0.4, 0.5) is 0 Å². The number of aromatic hydroxyl groups is 1. The fourth-order valence-electron chi connectivity index (χ4n) is 3.28. The first-order chi connectivity index (χ1) is 12.0. The molecule has 0 spiro atoms. The van der Waals surface area contributed by atoms with E-state index in [4.69, 9.17) is 14.2 Å². The third-order valence-electron chi connectivity index (χ3n) is 4.56. The van der Waals surface area contributed by atoms with E-state index in [0.29, 0.717) is 30.9 Å². The van der Waals surface area contributed by atoms with Gasteiger partial charge < -0.3 is 24.4 Å². The van der Waals surface area contributed by atoms with Crippen LogP contribution in [0, 0.1) is 0 Å². The maximum absolute atomic E-state index is 11.6. The number of ether oxygens (including phenoxy) is 3. The van der Waals surface area contributed by atoms with Crippen LogP contribution in [0.25, 0.3) is 0 Å². The zero-order valence-corrected chi connectivity index (χ0v) is 15.0. The molecule has 0 bridgehead atoms. The number of unbranched alkanes of at least 4 members (excludes halogenated alkanes) is 4. The first kappa shape index (κ1) is 19.5. The van der Waals surface area contributed by atoms with Crippen LogP contribution in [0.5, 0.6) is 11.5 Å². The molecule has 1 fully saturated rings. The molecule has 1 aliphatic rings. The Kier molecular flexibility index (Phi) is 7.08. The molecule has 0 aromatic heterocycles. The number of methoxy groups -OCH3 is 1. The van der Waals surface area contributed by atoms with E-state index in [1.165, 1.54) is 32.4 Å². The summed E-state index contributed by atoms with van der Waals surface area (Å²) in [6.45, 7) is 3.16. The fraction of sp³-hybridized carbons (Fsp3) is 0.632. The highest BCUT2D eigenvalue weighted by atomic mass is 16.7. The molecule has 2 N–H and O–H groups in total. The van der Waals surface area contributed by atoms with Crippen LogP contribution in [0.2, 0.25) is 0 Å². The van der Waals surface area contributed by atoms with E-state index in [9.17, 15) is 15.0 Å². The molecule has 0 radical (unpaired) electrons. The van der Waals surface area contributed by atoms with Crippen molar-refractivity contribution in [3.05, 3.63) is 23.3 Å². The van der Waals surface area contributed by atoms with Crippen LogP contribution in [0.3, 0.4) is 0 Å². The summed E-state index contributed by atoms with van der Waals surface area (Å²) in [6.07, 6.45) is 6.59. The lowest BCUT2D eigenvalue weighted by Crippen LogP contribution is -2.33. The lowest BCUT2D eigenvalue weighted by molar-refractivity contribution is -0.161. The highest BCUT2D eigenvalue weighted by Gasteiger charge is 2.37. The van der Waals surface area contributed by atoms with Crippen molar-refractivity contribution in [2.24, 2.45) is 0 Å². The van der Waals surface area contributed by atoms with Crippen molar-refractivity contribution in [3.63, 3.8) is 0 Å². The molecule has 1 heterocycles. The van der Waals surface area contributed by atoms with Crippen molar-refractivity contribution in [1.82, 2.24) is 0 Å². The number of benzene rings is 1. The van der Waals surface area contributed by atoms with Crippen molar-refractivity contribution in [2.75, 3.05) is 20.3 Å². The van der Waals surface area contributed by atoms with Crippen molar-refractivity contribution in [2.45, 2.75) is 57.7 Å². The van der Waals surface area contributed by atoms with Crippen LogP contribution in [0.1, 0.15) is 61.4 Å². The highest BCUT2D eigenvalue weighted by Crippen LogP contribution is 2.35. The Balaban J connectivity index is 2.18. The predicted octanol–water partition coefficient (Wildman–Crippen LogP) is 3.75. The minimum Gasteiger partial charge on any atom is -0.507 e. The topological polar surface area (TPSA) is 85.2 Å². The van der Waals surface area contributed by atoms with Crippen LogP contribution in [-0.4, -0.2) is 42.3 Å². The molecule has 0 saturated carbocycles. The van der Waals surface area contributed by atoms with E-state index >= 15 is 0 Å². The smallest absolute Gasteiger partial charge is 0.339 e. The minimum atomic E-state index is -1.17. The van der Waals surface area contributed by atoms with Crippen LogP contribution in [-0.2, 0) is 15.9 Å². The molecule has 2 rings (SSSR count). The lowest BCUT2D eigenvalue weighted by atomic mass is 9.94. The summed E-state index contributed by atoms with van der Waals surface area (Å²) in [4.78, 5) is 11.6. The molecule has 1 aromatic carbocycles. The molecule has 0 unspecified atom stereocenters. The summed E-state index contributed by atoms with van der Waals surface area (Å²) in [7, 11) is 1.48. The molecule has 0 aliphatic carbocycles. The van der Waals surface area contributed by atoms with Gasteiger partial charge in [-0.05, 0) is 18.1 Å². The van der Waals surface area contributed by atoms with Gasteiger partial charge in [0.15, 0.2) is 5.79 Å². The number of phenols is 1. The molecule has 25 heavy (non-hydrogen) atoms. The highest BCUT2D eigenvalue weighted by molar-refractivity contribution is 5.93. The largest absolute Gasteiger partial charge is 0.507 e. The summed E-state index contributed by atoms with van der Waals surface area (Å²) in [6, 6.07) is 2.94. The van der Waals surface area contributed by atoms with E-state index in [1.807, 2.05) is 0 Å². The number of carboxylic acid groups (broad SMARTS) is 1. The monoisotopic (exact) mass is 352 g/mol. The Morgan fingerprint density at radius 1 is 1.20 bits per heavy atom. The minimum absolute atomic E-state index is 0.120. The third-order valence-corrected chi connectivity index (χ3v) is 4.56. The molecule has 1 aromatic rings. The summed E-state index contributed by atoms with van der Waals surface area (Å²) in [5.74, 6) is -1.90.